The Bertz CT molecular complexity index is 888. The predicted octanol–water partition coefficient (Wildman–Crippen LogP) is 2.84. The lowest BCUT2D eigenvalue weighted by Crippen LogP contribution is -2.34. The number of rotatable bonds is 4. The molecule has 3 aromatic rings. The molecule has 6 nitrogen and oxygen atoms in total. The SMILES string of the molecule is Cc1ncc(CO)c(CN2CCCC(c3nc4ccccc4[nH]3)C2)c1O. The van der Waals surface area contributed by atoms with Gasteiger partial charge in [0.2, 0.25) is 0 Å². The van der Waals surface area contributed by atoms with E-state index in [9.17, 15) is 10.2 Å². The molecule has 1 aliphatic heterocycles. The second-order valence-corrected chi connectivity index (χ2v) is 7.07. The number of piperidine rings is 1. The Morgan fingerprint density at radius 2 is 2.15 bits per heavy atom. The van der Waals surface area contributed by atoms with E-state index in [1.807, 2.05) is 18.2 Å². The Balaban J connectivity index is 1.55. The number of hydrogen-bond donors (Lipinski definition) is 3. The van der Waals surface area contributed by atoms with Crippen LogP contribution in [0.15, 0.2) is 30.5 Å². The first-order chi connectivity index (χ1) is 12.7. The van der Waals surface area contributed by atoms with E-state index in [4.69, 9.17) is 4.98 Å². The van der Waals surface area contributed by atoms with E-state index in [0.717, 1.165) is 48.4 Å². The van der Waals surface area contributed by atoms with E-state index in [-0.39, 0.29) is 12.4 Å². The fourth-order valence-corrected chi connectivity index (χ4v) is 3.81. The first kappa shape index (κ1) is 17.0. The topological polar surface area (TPSA) is 85.3 Å². The summed E-state index contributed by atoms with van der Waals surface area (Å²) >= 11 is 0. The van der Waals surface area contributed by atoms with Crippen molar-refractivity contribution in [1.82, 2.24) is 19.9 Å². The minimum atomic E-state index is -0.114. The van der Waals surface area contributed by atoms with Gasteiger partial charge in [0.1, 0.15) is 11.6 Å². The van der Waals surface area contributed by atoms with Gasteiger partial charge in [-0.3, -0.25) is 9.88 Å². The molecule has 1 saturated heterocycles. The van der Waals surface area contributed by atoms with Crippen LogP contribution in [0.5, 0.6) is 5.75 Å². The van der Waals surface area contributed by atoms with Gasteiger partial charge in [0.25, 0.3) is 0 Å². The second-order valence-electron chi connectivity index (χ2n) is 7.07. The van der Waals surface area contributed by atoms with E-state index in [1.54, 1.807) is 13.1 Å². The number of pyridine rings is 1. The normalized spacial score (nSPS) is 18.5. The lowest BCUT2D eigenvalue weighted by Gasteiger charge is -2.32. The Labute approximate surface area is 152 Å². The number of aryl methyl sites for hydroxylation is 1. The number of nitrogens with zero attached hydrogens (tertiary/aromatic N) is 3. The molecule has 26 heavy (non-hydrogen) atoms. The van der Waals surface area contributed by atoms with Gasteiger partial charge in [-0.1, -0.05) is 12.1 Å². The van der Waals surface area contributed by atoms with Gasteiger partial charge in [0, 0.05) is 36.3 Å². The Morgan fingerprint density at radius 1 is 1.31 bits per heavy atom. The third-order valence-electron chi connectivity index (χ3n) is 5.28. The van der Waals surface area contributed by atoms with Crippen molar-refractivity contribution in [3.05, 3.63) is 53.1 Å². The van der Waals surface area contributed by atoms with Crippen molar-refractivity contribution < 1.29 is 10.2 Å². The average Bonchev–Trinajstić information content (AvgIpc) is 3.10. The number of para-hydroxylation sites is 2. The van der Waals surface area contributed by atoms with Gasteiger partial charge in [-0.05, 0) is 38.4 Å². The minimum Gasteiger partial charge on any atom is -0.506 e. The molecule has 1 fully saturated rings. The number of hydrogen-bond acceptors (Lipinski definition) is 5. The smallest absolute Gasteiger partial charge is 0.141 e. The Kier molecular flexibility index (Phi) is 4.61. The lowest BCUT2D eigenvalue weighted by atomic mass is 9.96. The molecule has 1 atom stereocenters. The highest BCUT2D eigenvalue weighted by Gasteiger charge is 2.25. The van der Waals surface area contributed by atoms with Crippen molar-refractivity contribution >= 4 is 11.0 Å². The molecule has 1 aromatic carbocycles. The number of likely N-dealkylation sites (tertiary alicyclic amines) is 1. The van der Waals surface area contributed by atoms with E-state index in [1.165, 1.54) is 0 Å². The van der Waals surface area contributed by atoms with Crippen LogP contribution in [0, 0.1) is 6.92 Å². The fraction of sp³-hybridized carbons (Fsp3) is 0.400. The summed E-state index contributed by atoms with van der Waals surface area (Å²) in [5.41, 5.74) is 4.15. The molecular weight excluding hydrogens is 328 g/mol. The minimum absolute atomic E-state index is 0.114. The second kappa shape index (κ2) is 7.05. The van der Waals surface area contributed by atoms with Crippen LogP contribution in [0.2, 0.25) is 0 Å². The maximum absolute atomic E-state index is 10.4. The van der Waals surface area contributed by atoms with Crippen LogP contribution in [-0.4, -0.2) is 43.2 Å². The molecule has 0 amide bonds. The molecule has 0 radical (unpaired) electrons. The van der Waals surface area contributed by atoms with Crippen LogP contribution < -0.4 is 0 Å². The Hall–Kier alpha value is -2.44. The van der Waals surface area contributed by atoms with Gasteiger partial charge < -0.3 is 15.2 Å². The van der Waals surface area contributed by atoms with Crippen LogP contribution in [0.1, 0.15) is 41.4 Å². The highest BCUT2D eigenvalue weighted by atomic mass is 16.3. The number of aromatic amines is 1. The van der Waals surface area contributed by atoms with E-state index >= 15 is 0 Å². The zero-order valence-electron chi connectivity index (χ0n) is 14.9. The van der Waals surface area contributed by atoms with Crippen molar-refractivity contribution in [2.45, 2.75) is 38.8 Å². The van der Waals surface area contributed by atoms with Crippen molar-refractivity contribution in [2.24, 2.45) is 0 Å². The molecule has 1 unspecified atom stereocenters. The third kappa shape index (κ3) is 3.18. The van der Waals surface area contributed by atoms with Crippen LogP contribution in [0.3, 0.4) is 0 Å². The maximum atomic E-state index is 10.4. The first-order valence-electron chi connectivity index (χ1n) is 9.10. The molecule has 0 saturated carbocycles. The van der Waals surface area contributed by atoms with Gasteiger partial charge in [0.05, 0.1) is 23.3 Å². The monoisotopic (exact) mass is 352 g/mol. The number of aliphatic hydroxyl groups is 1. The Morgan fingerprint density at radius 3 is 2.96 bits per heavy atom. The van der Waals surface area contributed by atoms with Gasteiger partial charge in [-0.15, -0.1) is 0 Å². The number of nitrogens with one attached hydrogen (secondary N) is 1. The molecule has 0 spiro atoms. The third-order valence-corrected chi connectivity index (χ3v) is 5.28. The maximum Gasteiger partial charge on any atom is 0.141 e. The summed E-state index contributed by atoms with van der Waals surface area (Å²) in [6.45, 7) is 4.14. The number of aromatic hydroxyl groups is 1. The summed E-state index contributed by atoms with van der Waals surface area (Å²) in [6, 6.07) is 8.10. The van der Waals surface area contributed by atoms with Gasteiger partial charge in [0.15, 0.2) is 0 Å². The van der Waals surface area contributed by atoms with Crippen molar-refractivity contribution in [2.75, 3.05) is 13.1 Å². The standard InChI is InChI=1S/C20H24N4O2/c1-13-19(26)16(15(12-25)9-21-13)11-24-8-4-5-14(10-24)20-22-17-6-2-3-7-18(17)23-20/h2-3,6-7,9,14,25-26H,4-5,8,10-12H2,1H3,(H,22,23). The van der Waals surface area contributed by atoms with Crippen molar-refractivity contribution in [1.29, 1.82) is 0 Å². The molecule has 3 N–H and O–H groups in total. The first-order valence-corrected chi connectivity index (χ1v) is 9.10. The van der Waals surface area contributed by atoms with Crippen LogP contribution >= 0.6 is 0 Å². The summed E-state index contributed by atoms with van der Waals surface area (Å²) < 4.78 is 0. The highest BCUT2D eigenvalue weighted by molar-refractivity contribution is 5.74. The molecular formula is C20H24N4O2. The summed E-state index contributed by atoms with van der Waals surface area (Å²) in [7, 11) is 0. The van der Waals surface area contributed by atoms with Gasteiger partial charge >= 0.3 is 0 Å². The van der Waals surface area contributed by atoms with Crippen LogP contribution in [-0.2, 0) is 13.2 Å². The molecule has 2 aromatic heterocycles. The number of H-pyrrole nitrogens is 1. The fourth-order valence-electron chi connectivity index (χ4n) is 3.81. The molecule has 136 valence electrons. The number of aromatic nitrogens is 3. The van der Waals surface area contributed by atoms with E-state index in [0.29, 0.717) is 23.7 Å². The molecule has 6 heteroatoms. The van der Waals surface area contributed by atoms with Gasteiger partial charge in [-0.25, -0.2) is 4.98 Å². The lowest BCUT2D eigenvalue weighted by molar-refractivity contribution is 0.192. The predicted molar refractivity (Wildman–Crippen MR) is 99.9 cm³/mol. The van der Waals surface area contributed by atoms with Crippen LogP contribution in [0.4, 0.5) is 0 Å². The van der Waals surface area contributed by atoms with Crippen molar-refractivity contribution in [3.8, 4) is 5.75 Å². The molecule has 4 rings (SSSR count). The molecule has 3 heterocycles. The van der Waals surface area contributed by atoms with Crippen LogP contribution in [0.25, 0.3) is 11.0 Å². The number of fused-ring (bicyclic) bond motifs is 1. The van der Waals surface area contributed by atoms with Gasteiger partial charge in [-0.2, -0.15) is 0 Å². The molecule has 0 aliphatic carbocycles. The zero-order valence-corrected chi connectivity index (χ0v) is 14.9. The van der Waals surface area contributed by atoms with Crippen molar-refractivity contribution in [3.63, 3.8) is 0 Å². The number of benzene rings is 1. The molecule has 1 aliphatic rings. The van der Waals surface area contributed by atoms with E-state index in [2.05, 4.69) is 20.9 Å². The quantitative estimate of drug-likeness (QED) is 0.672. The highest BCUT2D eigenvalue weighted by Crippen LogP contribution is 2.30. The number of aliphatic hydroxyl groups excluding tert-OH is 1. The molecule has 0 bridgehead atoms. The summed E-state index contributed by atoms with van der Waals surface area (Å²) in [5, 5.41) is 20.0. The summed E-state index contributed by atoms with van der Waals surface area (Å²) in [5.74, 6) is 1.58. The largest absolute Gasteiger partial charge is 0.506 e. The van der Waals surface area contributed by atoms with E-state index < -0.39 is 0 Å². The summed E-state index contributed by atoms with van der Waals surface area (Å²) in [6.07, 6.45) is 3.84. The number of imidazole rings is 1. The average molecular weight is 352 g/mol. The summed E-state index contributed by atoms with van der Waals surface area (Å²) in [4.78, 5) is 14.7. The zero-order chi connectivity index (χ0) is 18.1.